The van der Waals surface area contributed by atoms with Gasteiger partial charge >= 0.3 is 12.4 Å². The first kappa shape index (κ1) is 15.0. The van der Waals surface area contributed by atoms with Crippen LogP contribution in [-0.2, 0) is 17.7 Å². The van der Waals surface area contributed by atoms with E-state index in [0.717, 1.165) is 6.07 Å². The number of alkyl halides is 7. The van der Waals surface area contributed by atoms with E-state index in [0.29, 0.717) is 0 Å². The molecule has 0 aliphatic rings. The quantitative estimate of drug-likeness (QED) is 0.444. The zero-order valence-corrected chi connectivity index (χ0v) is 10.1. The molecule has 1 aromatic rings. The van der Waals surface area contributed by atoms with E-state index < -0.39 is 39.9 Å². The van der Waals surface area contributed by atoms with Gasteiger partial charge < -0.3 is 0 Å². The van der Waals surface area contributed by atoms with Gasteiger partial charge in [0.1, 0.15) is 6.29 Å². The Kier molecular flexibility index (Phi) is 4.09. The molecule has 0 amide bonds. The van der Waals surface area contributed by atoms with Crippen molar-refractivity contribution >= 4 is 22.2 Å². The fourth-order valence-corrected chi connectivity index (χ4v) is 1.90. The molecule has 0 bridgehead atoms. The topological polar surface area (TPSA) is 17.1 Å². The highest BCUT2D eigenvalue weighted by Gasteiger charge is 2.44. The molecule has 1 aromatic carbocycles. The van der Waals surface area contributed by atoms with Gasteiger partial charge in [-0.15, -0.1) is 0 Å². The maximum absolute atomic E-state index is 12.7. The number of aldehydes is 1. The summed E-state index contributed by atoms with van der Waals surface area (Å²) in [6.07, 6.45) is -10.3. The van der Waals surface area contributed by atoms with E-state index in [1.165, 1.54) is 0 Å². The lowest BCUT2D eigenvalue weighted by molar-refractivity contribution is -0.162. The molecule has 0 aromatic heterocycles. The van der Waals surface area contributed by atoms with Gasteiger partial charge in [0.25, 0.3) is 0 Å². The number of rotatable bonds is 2. The van der Waals surface area contributed by atoms with Crippen LogP contribution in [0, 0.1) is 0 Å². The van der Waals surface area contributed by atoms with Gasteiger partial charge in [-0.3, -0.25) is 4.79 Å². The van der Waals surface area contributed by atoms with Crippen molar-refractivity contribution in [1.82, 2.24) is 0 Å². The molecule has 0 N–H and O–H groups in total. The molecule has 0 saturated carbocycles. The minimum atomic E-state index is -5.18. The molecule has 8 heteroatoms. The molecule has 1 nitrogen and oxygen atoms in total. The Bertz CT molecular complexity index is 463. The van der Waals surface area contributed by atoms with E-state index in [1.807, 2.05) is 0 Å². The van der Waals surface area contributed by atoms with Crippen LogP contribution in [0.1, 0.15) is 27.0 Å². The van der Waals surface area contributed by atoms with Crippen LogP contribution in [0.2, 0.25) is 0 Å². The maximum atomic E-state index is 12.7. The van der Waals surface area contributed by atoms with Crippen LogP contribution in [0.5, 0.6) is 0 Å². The number of carbonyl (C=O) groups is 1. The number of halogens is 7. The number of benzene rings is 1. The highest BCUT2D eigenvalue weighted by Crippen LogP contribution is 2.43. The Morgan fingerprint density at radius 2 is 1.61 bits per heavy atom. The van der Waals surface area contributed by atoms with Crippen molar-refractivity contribution in [2.75, 3.05) is 0 Å². The SMILES string of the molecule is O=Cc1cc(CBr)c(C(F)(F)F)c(C(F)(F)F)c1. The predicted molar refractivity (Wildman–Crippen MR) is 54.5 cm³/mol. The summed E-state index contributed by atoms with van der Waals surface area (Å²) in [5.41, 5.74) is -4.70. The fourth-order valence-electron chi connectivity index (χ4n) is 1.46. The van der Waals surface area contributed by atoms with E-state index in [-0.39, 0.29) is 12.4 Å². The molecular formula is C10H5BrF6O. The van der Waals surface area contributed by atoms with Crippen LogP contribution in [0.25, 0.3) is 0 Å². The lowest BCUT2D eigenvalue weighted by Crippen LogP contribution is -2.19. The summed E-state index contributed by atoms with van der Waals surface area (Å²) in [4.78, 5) is 10.5. The summed E-state index contributed by atoms with van der Waals surface area (Å²) in [7, 11) is 0. The fraction of sp³-hybridized carbons (Fsp3) is 0.300. The molecule has 0 spiro atoms. The van der Waals surface area contributed by atoms with E-state index in [2.05, 4.69) is 15.9 Å². The normalized spacial score (nSPS) is 12.6. The first-order valence-corrected chi connectivity index (χ1v) is 5.56. The molecular weight excluding hydrogens is 330 g/mol. The van der Waals surface area contributed by atoms with Crippen molar-refractivity contribution in [3.63, 3.8) is 0 Å². The molecule has 18 heavy (non-hydrogen) atoms. The summed E-state index contributed by atoms with van der Waals surface area (Å²) in [5, 5.41) is -0.438. The largest absolute Gasteiger partial charge is 0.417 e. The second-order valence-corrected chi connectivity index (χ2v) is 3.91. The summed E-state index contributed by atoms with van der Waals surface area (Å²) < 4.78 is 75.7. The smallest absolute Gasteiger partial charge is 0.298 e. The van der Waals surface area contributed by atoms with Gasteiger partial charge in [-0.2, -0.15) is 26.3 Å². The molecule has 0 aliphatic heterocycles. The van der Waals surface area contributed by atoms with E-state index in [1.54, 1.807) is 0 Å². The molecule has 1 rings (SSSR count). The average molecular weight is 335 g/mol. The van der Waals surface area contributed by atoms with Gasteiger partial charge in [0.2, 0.25) is 0 Å². The zero-order chi connectivity index (χ0) is 14.1. The minimum absolute atomic E-state index is 0.0710. The number of hydrogen-bond acceptors (Lipinski definition) is 1. The van der Waals surface area contributed by atoms with Crippen molar-refractivity contribution in [2.24, 2.45) is 0 Å². The molecule has 0 unspecified atom stereocenters. The third-order valence-corrected chi connectivity index (χ3v) is 2.72. The molecule has 100 valence electrons. The average Bonchev–Trinajstić information content (AvgIpc) is 2.24. The Morgan fingerprint density at radius 1 is 1.06 bits per heavy atom. The van der Waals surface area contributed by atoms with Crippen LogP contribution in [0.4, 0.5) is 26.3 Å². The van der Waals surface area contributed by atoms with Gasteiger partial charge in [-0.05, 0) is 17.7 Å². The zero-order valence-electron chi connectivity index (χ0n) is 8.49. The van der Waals surface area contributed by atoms with Crippen molar-refractivity contribution in [3.8, 4) is 0 Å². The maximum Gasteiger partial charge on any atom is 0.417 e. The molecule has 0 aliphatic carbocycles. The van der Waals surface area contributed by atoms with Crippen molar-refractivity contribution in [2.45, 2.75) is 17.7 Å². The highest BCUT2D eigenvalue weighted by atomic mass is 79.9. The van der Waals surface area contributed by atoms with Crippen LogP contribution < -0.4 is 0 Å². The van der Waals surface area contributed by atoms with Crippen LogP contribution in [0.3, 0.4) is 0 Å². The van der Waals surface area contributed by atoms with Crippen LogP contribution >= 0.6 is 15.9 Å². The number of carbonyl (C=O) groups excluding carboxylic acids is 1. The van der Waals surface area contributed by atoms with Crippen LogP contribution in [0.15, 0.2) is 12.1 Å². The molecule has 0 heterocycles. The lowest BCUT2D eigenvalue weighted by atomic mass is 9.98. The van der Waals surface area contributed by atoms with Gasteiger partial charge in [-0.1, -0.05) is 15.9 Å². The van der Waals surface area contributed by atoms with E-state index in [4.69, 9.17) is 0 Å². The van der Waals surface area contributed by atoms with E-state index >= 15 is 0 Å². The summed E-state index contributed by atoms with van der Waals surface area (Å²) in [6, 6.07) is 0.974. The second kappa shape index (κ2) is 4.91. The van der Waals surface area contributed by atoms with Crippen LogP contribution in [-0.4, -0.2) is 6.29 Å². The lowest BCUT2D eigenvalue weighted by Gasteiger charge is -2.19. The highest BCUT2D eigenvalue weighted by molar-refractivity contribution is 9.08. The Morgan fingerprint density at radius 3 is 1.94 bits per heavy atom. The monoisotopic (exact) mass is 334 g/mol. The summed E-state index contributed by atoms with van der Waals surface area (Å²) >= 11 is 2.68. The van der Waals surface area contributed by atoms with E-state index in [9.17, 15) is 31.1 Å². The third-order valence-electron chi connectivity index (χ3n) is 2.11. The van der Waals surface area contributed by atoms with Crippen molar-refractivity contribution in [3.05, 3.63) is 34.4 Å². The molecule has 0 fully saturated rings. The molecule has 0 saturated heterocycles. The minimum Gasteiger partial charge on any atom is -0.298 e. The number of hydrogen-bond donors (Lipinski definition) is 0. The van der Waals surface area contributed by atoms with Crippen molar-refractivity contribution < 1.29 is 31.1 Å². The summed E-state index contributed by atoms with van der Waals surface area (Å²) in [6.45, 7) is 0. The standard InChI is InChI=1S/C10H5BrF6O/c11-3-6-1-5(4-18)2-7(9(12,13)14)8(6)10(15,16)17/h1-2,4H,3H2. The summed E-state index contributed by atoms with van der Waals surface area (Å²) in [5.74, 6) is 0. The van der Waals surface area contributed by atoms with Gasteiger partial charge in [0.15, 0.2) is 0 Å². The second-order valence-electron chi connectivity index (χ2n) is 3.35. The third kappa shape index (κ3) is 3.04. The molecule has 0 atom stereocenters. The predicted octanol–water partition coefficient (Wildman–Crippen LogP) is 4.43. The Balaban J connectivity index is 3.69. The van der Waals surface area contributed by atoms with Gasteiger partial charge in [0, 0.05) is 10.9 Å². The Hall–Kier alpha value is -1.05. The van der Waals surface area contributed by atoms with Crippen molar-refractivity contribution in [1.29, 1.82) is 0 Å². The first-order valence-electron chi connectivity index (χ1n) is 4.43. The Labute approximate surface area is 106 Å². The van der Waals surface area contributed by atoms with Gasteiger partial charge in [0.05, 0.1) is 11.1 Å². The first-order chi connectivity index (χ1) is 8.11. The van der Waals surface area contributed by atoms with Gasteiger partial charge in [-0.25, -0.2) is 0 Å². The molecule has 0 radical (unpaired) electrons.